The second-order valence-corrected chi connectivity index (χ2v) is 4.53. The lowest BCUT2D eigenvalue weighted by atomic mass is 10.1. The standard InChI is InChI=1S/C16H12N2O2/c1-10-15(11-5-3-2-4-6-11)18-14-9-12(16(19)20)7-8-13(14)17-10/h2-9H,1H3,(H,19,20). The predicted molar refractivity (Wildman–Crippen MR) is 76.7 cm³/mol. The summed E-state index contributed by atoms with van der Waals surface area (Å²) in [5.41, 5.74) is 4.09. The van der Waals surface area contributed by atoms with Gasteiger partial charge in [0.1, 0.15) is 0 Å². The van der Waals surface area contributed by atoms with Gasteiger partial charge in [0.25, 0.3) is 0 Å². The highest BCUT2D eigenvalue weighted by molar-refractivity contribution is 5.92. The summed E-state index contributed by atoms with van der Waals surface area (Å²) in [4.78, 5) is 20.1. The topological polar surface area (TPSA) is 63.1 Å². The summed E-state index contributed by atoms with van der Waals surface area (Å²) in [6.07, 6.45) is 0. The lowest BCUT2D eigenvalue weighted by Gasteiger charge is -2.07. The lowest BCUT2D eigenvalue weighted by molar-refractivity contribution is 0.0697. The van der Waals surface area contributed by atoms with Gasteiger partial charge >= 0.3 is 5.97 Å². The van der Waals surface area contributed by atoms with Crippen LogP contribution in [0.25, 0.3) is 22.3 Å². The van der Waals surface area contributed by atoms with Gasteiger partial charge in [0, 0.05) is 5.56 Å². The minimum atomic E-state index is -0.962. The fraction of sp³-hybridized carbons (Fsp3) is 0.0625. The fourth-order valence-electron chi connectivity index (χ4n) is 2.15. The fourth-order valence-corrected chi connectivity index (χ4v) is 2.15. The van der Waals surface area contributed by atoms with E-state index in [4.69, 9.17) is 5.11 Å². The van der Waals surface area contributed by atoms with Crippen molar-refractivity contribution in [2.75, 3.05) is 0 Å². The van der Waals surface area contributed by atoms with Crippen molar-refractivity contribution in [2.45, 2.75) is 6.92 Å². The van der Waals surface area contributed by atoms with Crippen LogP contribution in [0, 0.1) is 6.92 Å². The largest absolute Gasteiger partial charge is 0.478 e. The second kappa shape index (κ2) is 4.74. The van der Waals surface area contributed by atoms with Crippen LogP contribution in [-0.2, 0) is 0 Å². The molecule has 0 aliphatic carbocycles. The van der Waals surface area contributed by atoms with Gasteiger partial charge in [-0.25, -0.2) is 14.8 Å². The zero-order valence-corrected chi connectivity index (χ0v) is 10.9. The average Bonchev–Trinajstić information content (AvgIpc) is 2.47. The molecule has 0 unspecified atom stereocenters. The van der Waals surface area contributed by atoms with E-state index in [0.717, 1.165) is 17.0 Å². The lowest BCUT2D eigenvalue weighted by Crippen LogP contribution is -1.99. The smallest absolute Gasteiger partial charge is 0.335 e. The molecule has 1 heterocycles. The molecular weight excluding hydrogens is 252 g/mol. The van der Waals surface area contributed by atoms with Crippen molar-refractivity contribution in [2.24, 2.45) is 0 Å². The predicted octanol–water partition coefficient (Wildman–Crippen LogP) is 3.30. The van der Waals surface area contributed by atoms with E-state index in [1.807, 2.05) is 37.3 Å². The minimum Gasteiger partial charge on any atom is -0.478 e. The maximum atomic E-state index is 11.0. The molecule has 20 heavy (non-hydrogen) atoms. The maximum Gasteiger partial charge on any atom is 0.335 e. The number of benzene rings is 2. The van der Waals surface area contributed by atoms with Gasteiger partial charge in [0.15, 0.2) is 0 Å². The van der Waals surface area contributed by atoms with Crippen molar-refractivity contribution >= 4 is 17.0 Å². The molecule has 0 saturated heterocycles. The van der Waals surface area contributed by atoms with Crippen molar-refractivity contribution in [3.63, 3.8) is 0 Å². The molecular formula is C16H12N2O2. The Morgan fingerprint density at radius 3 is 2.45 bits per heavy atom. The van der Waals surface area contributed by atoms with Crippen LogP contribution in [0.3, 0.4) is 0 Å². The second-order valence-electron chi connectivity index (χ2n) is 4.53. The zero-order chi connectivity index (χ0) is 14.1. The summed E-state index contributed by atoms with van der Waals surface area (Å²) < 4.78 is 0. The first-order valence-corrected chi connectivity index (χ1v) is 6.22. The van der Waals surface area contributed by atoms with Crippen LogP contribution >= 0.6 is 0 Å². The summed E-state index contributed by atoms with van der Waals surface area (Å²) >= 11 is 0. The first-order valence-electron chi connectivity index (χ1n) is 6.22. The Kier molecular flexibility index (Phi) is 2.91. The van der Waals surface area contributed by atoms with E-state index in [0.29, 0.717) is 11.0 Å². The average molecular weight is 264 g/mol. The quantitative estimate of drug-likeness (QED) is 0.771. The highest BCUT2D eigenvalue weighted by Crippen LogP contribution is 2.23. The molecule has 1 aromatic heterocycles. The molecule has 0 radical (unpaired) electrons. The molecule has 3 rings (SSSR count). The molecule has 0 aliphatic heterocycles. The van der Waals surface area contributed by atoms with E-state index in [2.05, 4.69) is 9.97 Å². The summed E-state index contributed by atoms with van der Waals surface area (Å²) in [5.74, 6) is -0.962. The third-order valence-corrected chi connectivity index (χ3v) is 3.13. The molecule has 4 nitrogen and oxygen atoms in total. The number of aromatic carboxylic acids is 1. The van der Waals surface area contributed by atoms with Crippen LogP contribution in [0.4, 0.5) is 0 Å². The van der Waals surface area contributed by atoms with Crippen LogP contribution in [0.2, 0.25) is 0 Å². The van der Waals surface area contributed by atoms with Gasteiger partial charge in [-0.3, -0.25) is 0 Å². The Labute approximate surface area is 115 Å². The van der Waals surface area contributed by atoms with Gasteiger partial charge in [-0.05, 0) is 25.1 Å². The molecule has 98 valence electrons. The van der Waals surface area contributed by atoms with E-state index in [1.165, 1.54) is 0 Å². The number of carboxylic acid groups (broad SMARTS) is 1. The van der Waals surface area contributed by atoms with E-state index < -0.39 is 5.97 Å². The molecule has 0 spiro atoms. The van der Waals surface area contributed by atoms with Crippen molar-refractivity contribution in [3.8, 4) is 11.3 Å². The Morgan fingerprint density at radius 1 is 1.00 bits per heavy atom. The first-order chi connectivity index (χ1) is 9.65. The Balaban J connectivity index is 2.23. The molecule has 3 aromatic rings. The minimum absolute atomic E-state index is 0.217. The Bertz CT molecular complexity index is 798. The van der Waals surface area contributed by atoms with E-state index in [9.17, 15) is 4.79 Å². The van der Waals surface area contributed by atoms with Crippen LogP contribution in [-0.4, -0.2) is 21.0 Å². The molecule has 1 N–H and O–H groups in total. The van der Waals surface area contributed by atoms with Gasteiger partial charge < -0.3 is 5.11 Å². The van der Waals surface area contributed by atoms with Gasteiger partial charge in [-0.15, -0.1) is 0 Å². The maximum absolute atomic E-state index is 11.0. The van der Waals surface area contributed by atoms with Gasteiger partial charge in [-0.1, -0.05) is 30.3 Å². The Hall–Kier alpha value is -2.75. The number of carboxylic acids is 1. The number of carbonyl (C=O) groups is 1. The van der Waals surface area contributed by atoms with E-state index in [-0.39, 0.29) is 5.56 Å². The summed E-state index contributed by atoms with van der Waals surface area (Å²) in [6, 6.07) is 14.5. The monoisotopic (exact) mass is 264 g/mol. The van der Waals surface area contributed by atoms with E-state index >= 15 is 0 Å². The first kappa shape index (κ1) is 12.3. The number of rotatable bonds is 2. The third kappa shape index (κ3) is 2.12. The number of nitrogens with zero attached hydrogens (tertiary/aromatic N) is 2. The molecule has 0 fully saturated rings. The number of aryl methyl sites for hydroxylation is 1. The normalized spacial score (nSPS) is 10.7. The molecule has 0 amide bonds. The molecule has 4 heteroatoms. The third-order valence-electron chi connectivity index (χ3n) is 3.13. The summed E-state index contributed by atoms with van der Waals surface area (Å²) in [6.45, 7) is 1.90. The van der Waals surface area contributed by atoms with Crippen molar-refractivity contribution in [1.82, 2.24) is 9.97 Å². The van der Waals surface area contributed by atoms with Crippen molar-refractivity contribution in [3.05, 3.63) is 59.8 Å². The number of hydrogen-bond acceptors (Lipinski definition) is 3. The Morgan fingerprint density at radius 2 is 1.75 bits per heavy atom. The van der Waals surface area contributed by atoms with E-state index in [1.54, 1.807) is 18.2 Å². The van der Waals surface area contributed by atoms with Crippen LogP contribution < -0.4 is 0 Å². The number of fused-ring (bicyclic) bond motifs is 1. The molecule has 0 aliphatic rings. The van der Waals surface area contributed by atoms with Gasteiger partial charge in [0.2, 0.25) is 0 Å². The molecule has 2 aromatic carbocycles. The number of hydrogen-bond donors (Lipinski definition) is 1. The number of aromatic nitrogens is 2. The van der Waals surface area contributed by atoms with Gasteiger partial charge in [-0.2, -0.15) is 0 Å². The highest BCUT2D eigenvalue weighted by atomic mass is 16.4. The summed E-state index contributed by atoms with van der Waals surface area (Å²) in [7, 11) is 0. The highest BCUT2D eigenvalue weighted by Gasteiger charge is 2.09. The molecule has 0 atom stereocenters. The van der Waals surface area contributed by atoms with Crippen LogP contribution in [0.5, 0.6) is 0 Å². The summed E-state index contributed by atoms with van der Waals surface area (Å²) in [5, 5.41) is 9.04. The molecule has 0 bridgehead atoms. The van der Waals surface area contributed by atoms with Crippen LogP contribution in [0.15, 0.2) is 48.5 Å². The zero-order valence-electron chi connectivity index (χ0n) is 10.9. The van der Waals surface area contributed by atoms with Crippen molar-refractivity contribution in [1.29, 1.82) is 0 Å². The molecule has 0 saturated carbocycles. The van der Waals surface area contributed by atoms with Crippen molar-refractivity contribution < 1.29 is 9.90 Å². The van der Waals surface area contributed by atoms with Gasteiger partial charge in [0.05, 0.1) is 28.0 Å². The van der Waals surface area contributed by atoms with Crippen LogP contribution in [0.1, 0.15) is 16.1 Å². The SMILES string of the molecule is Cc1nc2ccc(C(=O)O)cc2nc1-c1ccccc1.